The number of nitrogens with one attached hydrogen (secondary N) is 1. The highest BCUT2D eigenvalue weighted by Gasteiger charge is 2.27. The van der Waals surface area contributed by atoms with Crippen LogP contribution in [-0.4, -0.2) is 29.8 Å². The number of ether oxygens (including phenoxy) is 1. The number of rotatable bonds is 3. The summed E-state index contributed by atoms with van der Waals surface area (Å²) in [6.45, 7) is 3.38. The first-order valence-electron chi connectivity index (χ1n) is 3.87. The van der Waals surface area contributed by atoms with Gasteiger partial charge in [0, 0.05) is 18.9 Å². The first kappa shape index (κ1) is 9.06. The maximum Gasteiger partial charge on any atom is 0.329 e. The van der Waals surface area contributed by atoms with Crippen molar-refractivity contribution < 1.29 is 14.6 Å². The summed E-state index contributed by atoms with van der Waals surface area (Å²) in [5, 5.41) is 11.3. The number of hydrogen-bond acceptors (Lipinski definition) is 3. The second-order valence-electron chi connectivity index (χ2n) is 3.18. The Morgan fingerprint density at radius 2 is 2.50 bits per heavy atom. The monoisotopic (exact) mass is 171 g/mol. The zero-order valence-electron chi connectivity index (χ0n) is 7.04. The molecular weight excluding hydrogens is 158 g/mol. The summed E-state index contributed by atoms with van der Waals surface area (Å²) in [6, 6.07) is 0. The van der Waals surface area contributed by atoms with Crippen LogP contribution in [0.3, 0.4) is 0 Å². The molecule has 2 N–H and O–H groups in total. The topological polar surface area (TPSA) is 58.6 Å². The number of aliphatic carboxylic acids is 1. The molecule has 0 bridgehead atoms. The van der Waals surface area contributed by atoms with Gasteiger partial charge in [-0.3, -0.25) is 0 Å². The molecule has 12 heavy (non-hydrogen) atoms. The average molecular weight is 171 g/mol. The van der Waals surface area contributed by atoms with E-state index in [-0.39, 0.29) is 5.54 Å². The largest absolute Gasteiger partial charge is 0.478 e. The molecule has 1 heterocycles. The van der Waals surface area contributed by atoms with Gasteiger partial charge in [-0.05, 0) is 13.3 Å². The molecule has 1 saturated heterocycles. The molecule has 4 heteroatoms. The Labute approximate surface area is 71.2 Å². The van der Waals surface area contributed by atoms with Crippen LogP contribution in [0.2, 0.25) is 0 Å². The van der Waals surface area contributed by atoms with Crippen LogP contribution in [0.5, 0.6) is 0 Å². The maximum absolute atomic E-state index is 10.1. The lowest BCUT2D eigenvalue weighted by molar-refractivity contribution is -0.131. The molecule has 0 amide bonds. The predicted octanol–water partition coefficient (Wildman–Crippen LogP) is 0.353. The Hall–Kier alpha value is -1.03. The van der Waals surface area contributed by atoms with Crippen LogP contribution in [0.4, 0.5) is 0 Å². The summed E-state index contributed by atoms with van der Waals surface area (Å²) in [4.78, 5) is 10.1. The summed E-state index contributed by atoms with van der Waals surface area (Å²) in [7, 11) is 0. The van der Waals surface area contributed by atoms with Crippen molar-refractivity contribution in [1.29, 1.82) is 0 Å². The molecule has 1 fully saturated rings. The maximum atomic E-state index is 10.1. The molecule has 0 aromatic heterocycles. The lowest BCUT2D eigenvalue weighted by atomic mass is 10.0. The van der Waals surface area contributed by atoms with E-state index in [0.29, 0.717) is 6.61 Å². The zero-order chi connectivity index (χ0) is 9.03. The Kier molecular flexibility index (Phi) is 2.70. The van der Waals surface area contributed by atoms with Crippen molar-refractivity contribution in [2.45, 2.75) is 18.9 Å². The molecule has 1 atom stereocenters. The lowest BCUT2D eigenvalue weighted by Crippen LogP contribution is -2.39. The van der Waals surface area contributed by atoms with Crippen molar-refractivity contribution in [2.24, 2.45) is 0 Å². The van der Waals surface area contributed by atoms with E-state index in [4.69, 9.17) is 9.84 Å². The summed E-state index contributed by atoms with van der Waals surface area (Å²) in [6.07, 6.45) is 3.46. The van der Waals surface area contributed by atoms with Crippen LogP contribution >= 0.6 is 0 Å². The van der Waals surface area contributed by atoms with Gasteiger partial charge >= 0.3 is 5.97 Å². The van der Waals surface area contributed by atoms with Gasteiger partial charge in [-0.2, -0.15) is 0 Å². The molecule has 1 aliphatic rings. The molecule has 0 aliphatic carbocycles. The molecule has 0 aromatic rings. The van der Waals surface area contributed by atoms with Crippen LogP contribution in [0.15, 0.2) is 12.3 Å². The van der Waals surface area contributed by atoms with Gasteiger partial charge < -0.3 is 15.2 Å². The van der Waals surface area contributed by atoms with Gasteiger partial charge in [-0.1, -0.05) is 0 Å². The minimum absolute atomic E-state index is 0.0913. The Balaban J connectivity index is 2.34. The quantitative estimate of drug-likeness (QED) is 0.602. The van der Waals surface area contributed by atoms with Crippen molar-refractivity contribution in [3.05, 3.63) is 12.3 Å². The number of hydrogen-bond donors (Lipinski definition) is 2. The van der Waals surface area contributed by atoms with Gasteiger partial charge in [0.15, 0.2) is 0 Å². The summed E-state index contributed by atoms with van der Waals surface area (Å²) in [5.74, 6) is -0.940. The van der Waals surface area contributed by atoms with Crippen LogP contribution < -0.4 is 5.32 Å². The molecule has 0 spiro atoms. The standard InChI is InChI=1S/C8H13NO3/c1-8(3-5-12-6-8)9-4-2-7(10)11/h2,4,9H,3,5-6H2,1H3,(H,10,11)/b4-2+. The van der Waals surface area contributed by atoms with Crippen LogP contribution in [0.25, 0.3) is 0 Å². The highest BCUT2D eigenvalue weighted by atomic mass is 16.5. The molecular formula is C8H13NO3. The van der Waals surface area contributed by atoms with Crippen molar-refractivity contribution >= 4 is 5.97 Å². The lowest BCUT2D eigenvalue weighted by Gasteiger charge is -2.21. The van der Waals surface area contributed by atoms with E-state index < -0.39 is 5.97 Å². The van der Waals surface area contributed by atoms with E-state index in [9.17, 15) is 4.79 Å². The minimum atomic E-state index is -0.940. The fourth-order valence-corrected chi connectivity index (χ4v) is 1.10. The highest BCUT2D eigenvalue weighted by Crippen LogP contribution is 2.16. The van der Waals surface area contributed by atoms with Crippen LogP contribution in [-0.2, 0) is 9.53 Å². The van der Waals surface area contributed by atoms with E-state index >= 15 is 0 Å². The number of carboxylic acids is 1. The van der Waals surface area contributed by atoms with Gasteiger partial charge in [0.1, 0.15) is 0 Å². The van der Waals surface area contributed by atoms with Crippen LogP contribution in [0.1, 0.15) is 13.3 Å². The van der Waals surface area contributed by atoms with Crippen molar-refractivity contribution in [2.75, 3.05) is 13.2 Å². The SMILES string of the molecule is CC1(N/C=C/C(=O)O)CCOC1. The molecule has 4 nitrogen and oxygen atoms in total. The van der Waals surface area contributed by atoms with Crippen molar-refractivity contribution in [3.63, 3.8) is 0 Å². The molecule has 1 aliphatic heterocycles. The van der Waals surface area contributed by atoms with E-state index in [1.165, 1.54) is 6.20 Å². The Morgan fingerprint density at radius 3 is 3.00 bits per heavy atom. The molecule has 0 radical (unpaired) electrons. The van der Waals surface area contributed by atoms with Gasteiger partial charge in [0.2, 0.25) is 0 Å². The number of carbonyl (C=O) groups is 1. The smallest absolute Gasteiger partial charge is 0.329 e. The van der Waals surface area contributed by atoms with Gasteiger partial charge in [0.25, 0.3) is 0 Å². The molecule has 0 saturated carbocycles. The predicted molar refractivity (Wildman–Crippen MR) is 43.8 cm³/mol. The first-order chi connectivity index (χ1) is 5.62. The molecule has 68 valence electrons. The Bertz CT molecular complexity index is 194. The molecule has 1 rings (SSSR count). The highest BCUT2D eigenvalue weighted by molar-refractivity contribution is 5.79. The fourth-order valence-electron chi connectivity index (χ4n) is 1.10. The van der Waals surface area contributed by atoms with Crippen molar-refractivity contribution in [3.8, 4) is 0 Å². The summed E-state index contributed by atoms with van der Waals surface area (Å²) in [5.41, 5.74) is -0.0913. The van der Waals surface area contributed by atoms with Crippen molar-refractivity contribution in [1.82, 2.24) is 5.32 Å². The third-order valence-corrected chi connectivity index (χ3v) is 1.88. The normalized spacial score (nSPS) is 29.4. The van der Waals surface area contributed by atoms with Crippen LogP contribution in [0, 0.1) is 0 Å². The summed E-state index contributed by atoms with van der Waals surface area (Å²) < 4.78 is 5.17. The van der Waals surface area contributed by atoms with Gasteiger partial charge in [-0.15, -0.1) is 0 Å². The summed E-state index contributed by atoms with van der Waals surface area (Å²) >= 11 is 0. The van der Waals surface area contributed by atoms with E-state index in [0.717, 1.165) is 19.1 Å². The Morgan fingerprint density at radius 1 is 1.75 bits per heavy atom. The fraction of sp³-hybridized carbons (Fsp3) is 0.625. The third-order valence-electron chi connectivity index (χ3n) is 1.88. The second kappa shape index (κ2) is 3.58. The van der Waals surface area contributed by atoms with Gasteiger partial charge in [0.05, 0.1) is 12.1 Å². The number of carboxylic acid groups (broad SMARTS) is 1. The minimum Gasteiger partial charge on any atom is -0.478 e. The first-order valence-corrected chi connectivity index (χ1v) is 3.87. The molecule has 1 unspecified atom stereocenters. The third kappa shape index (κ3) is 2.54. The second-order valence-corrected chi connectivity index (χ2v) is 3.18. The van der Waals surface area contributed by atoms with E-state index in [1.54, 1.807) is 0 Å². The zero-order valence-corrected chi connectivity index (χ0v) is 7.04. The average Bonchev–Trinajstić information content (AvgIpc) is 2.35. The molecule has 0 aromatic carbocycles. The van der Waals surface area contributed by atoms with Gasteiger partial charge in [-0.25, -0.2) is 4.79 Å². The van der Waals surface area contributed by atoms with E-state index in [1.807, 2.05) is 6.92 Å². The van der Waals surface area contributed by atoms with E-state index in [2.05, 4.69) is 5.32 Å².